The Balaban J connectivity index is 1.85. The number of carbonyl (C=O) groups excluding carboxylic acids is 2. The molecule has 2 aromatic rings. The van der Waals surface area contributed by atoms with Crippen molar-refractivity contribution < 1.29 is 19.4 Å². The fraction of sp³-hybridized carbons (Fsp3) is 0.440. The second-order valence-corrected chi connectivity index (χ2v) is 8.48. The molecule has 1 heterocycles. The third-order valence-corrected chi connectivity index (χ3v) is 5.81. The first kappa shape index (κ1) is 23.8. The number of hydrogen-bond donors (Lipinski definition) is 3. The summed E-state index contributed by atoms with van der Waals surface area (Å²) in [6.45, 7) is 4.93. The summed E-state index contributed by atoms with van der Waals surface area (Å²) in [5.74, 6) is 0.520. The number of ether oxygens (including phenoxy) is 1. The molecule has 7 heteroatoms. The standard InChI is InChI=1S/C25H33N3O4/c1-17-15-28(18(2)16-29)25(31)13-20-12-21(9-10-22(20)32-23(17)14-26-3)27-24(30)11-19-7-5-4-6-8-19/h4-10,12,17-18,23,26,29H,11,13-16H2,1-3H3,(H,27,30)/t17-,18+,23+/m0/s1. The molecule has 0 aromatic heterocycles. The van der Waals surface area contributed by atoms with Gasteiger partial charge in [0, 0.05) is 30.3 Å². The van der Waals surface area contributed by atoms with Crippen molar-refractivity contribution in [2.75, 3.05) is 32.1 Å². The van der Waals surface area contributed by atoms with Crippen molar-refractivity contribution in [2.45, 2.75) is 38.8 Å². The van der Waals surface area contributed by atoms with E-state index in [1.165, 1.54) is 0 Å². The van der Waals surface area contributed by atoms with Gasteiger partial charge in [0.2, 0.25) is 11.8 Å². The lowest BCUT2D eigenvalue weighted by Crippen LogP contribution is -2.47. The molecule has 1 aliphatic rings. The molecule has 7 nitrogen and oxygen atoms in total. The van der Waals surface area contributed by atoms with E-state index in [9.17, 15) is 14.7 Å². The number of aliphatic hydroxyl groups is 1. The third-order valence-electron chi connectivity index (χ3n) is 5.81. The Kier molecular flexibility index (Phi) is 8.25. The molecular weight excluding hydrogens is 406 g/mol. The molecule has 2 aromatic carbocycles. The third kappa shape index (κ3) is 6.08. The van der Waals surface area contributed by atoms with Gasteiger partial charge in [-0.15, -0.1) is 0 Å². The summed E-state index contributed by atoms with van der Waals surface area (Å²) in [5.41, 5.74) is 2.28. The molecule has 0 spiro atoms. The van der Waals surface area contributed by atoms with Crippen LogP contribution in [-0.4, -0.2) is 60.7 Å². The predicted molar refractivity (Wildman–Crippen MR) is 125 cm³/mol. The summed E-state index contributed by atoms with van der Waals surface area (Å²) in [6.07, 6.45) is 0.273. The highest BCUT2D eigenvalue weighted by atomic mass is 16.5. The highest BCUT2D eigenvalue weighted by Gasteiger charge is 2.30. The number of aliphatic hydroxyl groups excluding tert-OH is 1. The summed E-state index contributed by atoms with van der Waals surface area (Å²) in [4.78, 5) is 27.4. The molecule has 0 aliphatic carbocycles. The Morgan fingerprint density at radius 2 is 2.00 bits per heavy atom. The van der Waals surface area contributed by atoms with Gasteiger partial charge in [-0.05, 0) is 37.7 Å². The number of nitrogens with zero attached hydrogens (tertiary/aromatic N) is 1. The molecule has 0 unspecified atom stereocenters. The van der Waals surface area contributed by atoms with Gasteiger partial charge in [0.05, 0.1) is 25.5 Å². The molecule has 0 fully saturated rings. The van der Waals surface area contributed by atoms with Crippen molar-refractivity contribution in [1.82, 2.24) is 10.2 Å². The predicted octanol–water partition coefficient (Wildman–Crippen LogP) is 2.24. The van der Waals surface area contributed by atoms with Gasteiger partial charge in [-0.2, -0.15) is 0 Å². The van der Waals surface area contributed by atoms with E-state index in [2.05, 4.69) is 17.6 Å². The van der Waals surface area contributed by atoms with Crippen LogP contribution in [0, 0.1) is 5.92 Å². The maximum Gasteiger partial charge on any atom is 0.228 e. The molecule has 32 heavy (non-hydrogen) atoms. The van der Waals surface area contributed by atoms with Crippen molar-refractivity contribution in [3.63, 3.8) is 0 Å². The number of rotatable bonds is 7. The van der Waals surface area contributed by atoms with Gasteiger partial charge in [-0.25, -0.2) is 0 Å². The van der Waals surface area contributed by atoms with E-state index < -0.39 is 0 Å². The fourth-order valence-electron chi connectivity index (χ4n) is 3.94. The molecule has 2 amide bonds. The first-order valence-corrected chi connectivity index (χ1v) is 11.1. The van der Waals surface area contributed by atoms with Crippen LogP contribution in [0.5, 0.6) is 5.75 Å². The van der Waals surface area contributed by atoms with Crippen molar-refractivity contribution in [2.24, 2.45) is 5.92 Å². The molecule has 172 valence electrons. The van der Waals surface area contributed by atoms with Crippen molar-refractivity contribution in [3.8, 4) is 5.75 Å². The first-order chi connectivity index (χ1) is 15.4. The second kappa shape index (κ2) is 11.1. The van der Waals surface area contributed by atoms with Crippen LogP contribution in [-0.2, 0) is 22.4 Å². The number of amides is 2. The molecule has 0 radical (unpaired) electrons. The number of fused-ring (bicyclic) bond motifs is 1. The van der Waals surface area contributed by atoms with E-state index in [4.69, 9.17) is 4.74 Å². The van der Waals surface area contributed by atoms with Crippen LogP contribution in [0.3, 0.4) is 0 Å². The smallest absolute Gasteiger partial charge is 0.228 e. The Bertz CT molecular complexity index is 919. The minimum Gasteiger partial charge on any atom is -0.488 e. The highest BCUT2D eigenvalue weighted by molar-refractivity contribution is 5.92. The van der Waals surface area contributed by atoms with E-state index in [1.807, 2.05) is 56.4 Å². The lowest BCUT2D eigenvalue weighted by atomic mass is 10.0. The van der Waals surface area contributed by atoms with E-state index in [0.717, 1.165) is 11.1 Å². The Morgan fingerprint density at radius 3 is 2.69 bits per heavy atom. The van der Waals surface area contributed by atoms with Gasteiger partial charge in [-0.1, -0.05) is 37.3 Å². The maximum atomic E-state index is 13.1. The number of benzene rings is 2. The van der Waals surface area contributed by atoms with E-state index in [1.54, 1.807) is 11.0 Å². The van der Waals surface area contributed by atoms with Crippen molar-refractivity contribution in [3.05, 3.63) is 59.7 Å². The number of anilines is 1. The number of carbonyl (C=O) groups is 2. The van der Waals surface area contributed by atoms with Gasteiger partial charge in [0.1, 0.15) is 11.9 Å². The summed E-state index contributed by atoms with van der Waals surface area (Å²) in [6, 6.07) is 14.7. The van der Waals surface area contributed by atoms with E-state index in [-0.39, 0.29) is 49.3 Å². The average Bonchev–Trinajstić information content (AvgIpc) is 2.82. The van der Waals surface area contributed by atoms with Crippen LogP contribution in [0.2, 0.25) is 0 Å². The summed E-state index contributed by atoms with van der Waals surface area (Å²) >= 11 is 0. The van der Waals surface area contributed by atoms with Gasteiger partial charge < -0.3 is 25.4 Å². The van der Waals surface area contributed by atoms with Crippen LogP contribution >= 0.6 is 0 Å². The zero-order valence-electron chi connectivity index (χ0n) is 19.0. The zero-order valence-corrected chi connectivity index (χ0v) is 19.0. The highest BCUT2D eigenvalue weighted by Crippen LogP contribution is 2.29. The lowest BCUT2D eigenvalue weighted by Gasteiger charge is -2.32. The first-order valence-electron chi connectivity index (χ1n) is 11.1. The van der Waals surface area contributed by atoms with Gasteiger partial charge >= 0.3 is 0 Å². The van der Waals surface area contributed by atoms with Crippen molar-refractivity contribution in [1.29, 1.82) is 0 Å². The molecule has 0 saturated heterocycles. The number of nitrogens with one attached hydrogen (secondary N) is 2. The number of hydrogen-bond acceptors (Lipinski definition) is 5. The molecule has 3 N–H and O–H groups in total. The maximum absolute atomic E-state index is 13.1. The number of likely N-dealkylation sites (N-methyl/N-ethyl adjacent to an activating group) is 1. The molecule has 0 saturated carbocycles. The van der Waals surface area contributed by atoms with Crippen LogP contribution in [0.1, 0.15) is 25.0 Å². The average molecular weight is 440 g/mol. The lowest BCUT2D eigenvalue weighted by molar-refractivity contribution is -0.134. The van der Waals surface area contributed by atoms with Gasteiger partial charge in [0.15, 0.2) is 0 Å². The van der Waals surface area contributed by atoms with Crippen LogP contribution in [0.25, 0.3) is 0 Å². The molecule has 3 rings (SSSR count). The Morgan fingerprint density at radius 1 is 1.25 bits per heavy atom. The van der Waals surface area contributed by atoms with Crippen LogP contribution < -0.4 is 15.4 Å². The molecule has 1 aliphatic heterocycles. The molecular formula is C25H33N3O4. The van der Waals surface area contributed by atoms with Crippen LogP contribution in [0.4, 0.5) is 5.69 Å². The Hall–Kier alpha value is -2.90. The quantitative estimate of drug-likeness (QED) is 0.616. The largest absolute Gasteiger partial charge is 0.488 e. The fourth-order valence-corrected chi connectivity index (χ4v) is 3.94. The van der Waals surface area contributed by atoms with Crippen molar-refractivity contribution >= 4 is 17.5 Å². The monoisotopic (exact) mass is 439 g/mol. The topological polar surface area (TPSA) is 90.9 Å². The minimum atomic E-state index is -0.282. The summed E-state index contributed by atoms with van der Waals surface area (Å²) in [5, 5.41) is 15.8. The van der Waals surface area contributed by atoms with E-state index >= 15 is 0 Å². The normalized spacial score (nSPS) is 19.8. The van der Waals surface area contributed by atoms with Gasteiger partial charge in [0.25, 0.3) is 0 Å². The SMILES string of the molecule is CNC[C@H]1Oc2ccc(NC(=O)Cc3ccccc3)cc2CC(=O)N([C@H](C)CO)C[C@@H]1C. The Labute approximate surface area is 189 Å². The minimum absolute atomic E-state index is 0.0663. The second-order valence-electron chi connectivity index (χ2n) is 8.48. The molecule has 3 atom stereocenters. The van der Waals surface area contributed by atoms with Crippen LogP contribution in [0.15, 0.2) is 48.5 Å². The zero-order chi connectivity index (χ0) is 23.1. The van der Waals surface area contributed by atoms with Gasteiger partial charge in [-0.3, -0.25) is 9.59 Å². The summed E-state index contributed by atoms with van der Waals surface area (Å²) in [7, 11) is 1.87. The molecule has 0 bridgehead atoms. The van der Waals surface area contributed by atoms with E-state index in [0.29, 0.717) is 24.5 Å². The summed E-state index contributed by atoms with van der Waals surface area (Å²) < 4.78 is 6.32.